The first-order valence-corrected chi connectivity index (χ1v) is 11.5. The van der Waals surface area contributed by atoms with Crippen LogP contribution in [-0.4, -0.2) is 67.4 Å². The first kappa shape index (κ1) is 23.8. The molecule has 180 valence electrons. The average molecular weight is 467 g/mol. The normalized spacial score (nSPS) is 17.9. The van der Waals surface area contributed by atoms with Crippen LogP contribution in [0.15, 0.2) is 48.5 Å². The molecule has 4 rings (SSSR count). The largest absolute Gasteiger partial charge is 0.481 e. The zero-order valence-electron chi connectivity index (χ0n) is 19.5. The lowest BCUT2D eigenvalue weighted by molar-refractivity contribution is -0.145. The van der Waals surface area contributed by atoms with Crippen LogP contribution in [0.3, 0.4) is 0 Å². The number of hydrogen-bond acceptors (Lipinski definition) is 5. The van der Waals surface area contributed by atoms with Crippen molar-refractivity contribution in [1.29, 1.82) is 0 Å². The van der Waals surface area contributed by atoms with Gasteiger partial charge < -0.3 is 24.8 Å². The third-order valence-corrected chi connectivity index (χ3v) is 6.50. The summed E-state index contributed by atoms with van der Waals surface area (Å²) in [5, 5.41) is 12.0. The van der Waals surface area contributed by atoms with Crippen molar-refractivity contribution in [2.45, 2.75) is 19.8 Å². The summed E-state index contributed by atoms with van der Waals surface area (Å²) >= 11 is 0. The van der Waals surface area contributed by atoms with Crippen LogP contribution in [0.4, 0.5) is 4.79 Å². The van der Waals surface area contributed by atoms with Crippen molar-refractivity contribution in [3.05, 3.63) is 59.7 Å². The lowest BCUT2D eigenvalue weighted by atomic mass is 9.91. The monoisotopic (exact) mass is 466 g/mol. The number of rotatable bonds is 6. The van der Waals surface area contributed by atoms with Gasteiger partial charge in [-0.15, -0.1) is 0 Å². The fourth-order valence-electron chi connectivity index (χ4n) is 4.59. The maximum Gasteiger partial charge on any atom is 0.407 e. The first-order valence-electron chi connectivity index (χ1n) is 11.5. The average Bonchev–Trinajstić information content (AvgIpc) is 2.97. The molecule has 1 aliphatic carbocycles. The molecule has 34 heavy (non-hydrogen) atoms. The predicted molar refractivity (Wildman–Crippen MR) is 125 cm³/mol. The van der Waals surface area contributed by atoms with Crippen molar-refractivity contribution in [3.63, 3.8) is 0 Å². The van der Waals surface area contributed by atoms with Crippen LogP contribution >= 0.6 is 0 Å². The van der Waals surface area contributed by atoms with Gasteiger partial charge in [0.25, 0.3) is 0 Å². The molecule has 0 spiro atoms. The Morgan fingerprint density at radius 1 is 1.09 bits per heavy atom. The van der Waals surface area contributed by atoms with Gasteiger partial charge in [-0.1, -0.05) is 48.5 Å². The lowest BCUT2D eigenvalue weighted by Gasteiger charge is -2.31. The molecule has 1 fully saturated rings. The minimum absolute atomic E-state index is 0.0437. The summed E-state index contributed by atoms with van der Waals surface area (Å²) in [6.07, 6.45) is -0.592. The number of fused-ring (bicyclic) bond motifs is 3. The molecule has 2 aromatic rings. The quantitative estimate of drug-likeness (QED) is 0.678. The molecule has 1 saturated heterocycles. The number of nitrogens with zero attached hydrogens (tertiary/aromatic N) is 1. The van der Waals surface area contributed by atoms with Crippen LogP contribution in [0.1, 0.15) is 30.9 Å². The van der Waals surface area contributed by atoms with Crippen molar-refractivity contribution in [2.75, 3.05) is 39.5 Å². The molecular weight excluding hydrogens is 436 g/mol. The number of benzene rings is 2. The van der Waals surface area contributed by atoms with Crippen LogP contribution in [0, 0.1) is 11.3 Å². The van der Waals surface area contributed by atoms with Gasteiger partial charge in [-0.05, 0) is 36.1 Å². The Labute approximate surface area is 198 Å². The number of carbonyl (C=O) groups is 3. The van der Waals surface area contributed by atoms with Crippen LogP contribution in [0.5, 0.6) is 0 Å². The minimum Gasteiger partial charge on any atom is -0.481 e. The third kappa shape index (κ3) is 4.92. The number of nitrogens with one attached hydrogen (secondary N) is 1. The fraction of sp³-hybridized carbons (Fsp3) is 0.423. The topological polar surface area (TPSA) is 105 Å². The number of alkyl carbamates (subject to hydrolysis) is 1. The minimum atomic E-state index is -0.991. The lowest BCUT2D eigenvalue weighted by Crippen LogP contribution is -2.49. The van der Waals surface area contributed by atoms with E-state index in [1.54, 1.807) is 13.8 Å². The maximum absolute atomic E-state index is 13.1. The van der Waals surface area contributed by atoms with E-state index in [0.29, 0.717) is 6.54 Å². The van der Waals surface area contributed by atoms with E-state index in [1.807, 2.05) is 24.3 Å². The smallest absolute Gasteiger partial charge is 0.407 e. The summed E-state index contributed by atoms with van der Waals surface area (Å²) in [7, 11) is 0. The fourth-order valence-corrected chi connectivity index (χ4v) is 4.59. The Balaban J connectivity index is 1.34. The molecule has 1 aliphatic heterocycles. The molecule has 0 saturated carbocycles. The van der Waals surface area contributed by atoms with Gasteiger partial charge in [0, 0.05) is 25.6 Å². The molecule has 1 unspecified atom stereocenters. The van der Waals surface area contributed by atoms with Crippen molar-refractivity contribution in [2.24, 2.45) is 11.3 Å². The second kappa shape index (κ2) is 9.85. The highest BCUT2D eigenvalue weighted by Crippen LogP contribution is 2.44. The molecule has 0 radical (unpaired) electrons. The molecule has 0 aromatic heterocycles. The van der Waals surface area contributed by atoms with E-state index >= 15 is 0 Å². The number of carbonyl (C=O) groups excluding carboxylic acids is 2. The highest BCUT2D eigenvalue weighted by Gasteiger charge is 2.36. The van der Waals surface area contributed by atoms with Gasteiger partial charge in [0.05, 0.1) is 24.5 Å². The molecule has 1 atom stereocenters. The number of amides is 2. The molecule has 1 heterocycles. The van der Waals surface area contributed by atoms with E-state index in [0.717, 1.165) is 22.3 Å². The van der Waals surface area contributed by atoms with Crippen molar-refractivity contribution < 1.29 is 29.0 Å². The van der Waals surface area contributed by atoms with Gasteiger partial charge in [0.2, 0.25) is 5.91 Å². The number of ether oxygens (including phenoxy) is 2. The van der Waals surface area contributed by atoms with E-state index in [2.05, 4.69) is 29.6 Å². The van der Waals surface area contributed by atoms with Gasteiger partial charge >= 0.3 is 12.1 Å². The second-order valence-electron chi connectivity index (χ2n) is 9.42. The van der Waals surface area contributed by atoms with Crippen molar-refractivity contribution in [1.82, 2.24) is 10.2 Å². The third-order valence-electron chi connectivity index (χ3n) is 6.50. The molecule has 0 bridgehead atoms. The van der Waals surface area contributed by atoms with Gasteiger partial charge in [0.1, 0.15) is 6.61 Å². The Morgan fingerprint density at radius 3 is 2.32 bits per heavy atom. The van der Waals surface area contributed by atoms with Gasteiger partial charge in [0.15, 0.2) is 0 Å². The van der Waals surface area contributed by atoms with Crippen molar-refractivity contribution in [3.8, 4) is 11.1 Å². The molecule has 8 nitrogen and oxygen atoms in total. The summed E-state index contributed by atoms with van der Waals surface area (Å²) in [6, 6.07) is 16.2. The molecule has 2 amide bonds. The standard InChI is InChI=1S/C26H30N2O6/c1-26(2,24(31)28-11-12-33-14-17(13-28)23(29)30)16-27-25(32)34-15-22-20-9-5-3-7-18(20)19-8-4-6-10-21(19)22/h3-10,17,22H,11-16H2,1-2H3,(H,27,32)(H,29,30). The van der Waals surface area contributed by atoms with Gasteiger partial charge in [-0.25, -0.2) is 4.79 Å². The summed E-state index contributed by atoms with van der Waals surface area (Å²) in [6.45, 7) is 4.47. The molecular formula is C26H30N2O6. The van der Waals surface area contributed by atoms with E-state index in [1.165, 1.54) is 4.90 Å². The highest BCUT2D eigenvalue weighted by atomic mass is 16.5. The van der Waals surface area contributed by atoms with E-state index in [-0.39, 0.29) is 44.7 Å². The molecule has 2 aromatic carbocycles. The van der Waals surface area contributed by atoms with Crippen LogP contribution in [-0.2, 0) is 19.1 Å². The van der Waals surface area contributed by atoms with E-state index < -0.39 is 23.4 Å². The summed E-state index contributed by atoms with van der Waals surface area (Å²) < 4.78 is 10.9. The van der Waals surface area contributed by atoms with Gasteiger partial charge in [-0.3, -0.25) is 9.59 Å². The SMILES string of the molecule is CC(C)(CNC(=O)OCC1c2ccccc2-c2ccccc21)C(=O)N1CCOCC(C(=O)O)C1. The number of aliphatic carboxylic acids is 1. The first-order chi connectivity index (χ1) is 16.3. The van der Waals surface area contributed by atoms with Crippen LogP contribution in [0.25, 0.3) is 11.1 Å². The van der Waals surface area contributed by atoms with Crippen LogP contribution < -0.4 is 5.32 Å². The zero-order valence-corrected chi connectivity index (χ0v) is 19.5. The van der Waals surface area contributed by atoms with Gasteiger partial charge in [-0.2, -0.15) is 0 Å². The Hall–Kier alpha value is -3.39. The second-order valence-corrected chi connectivity index (χ2v) is 9.42. The number of carboxylic acid groups (broad SMARTS) is 1. The molecule has 2 N–H and O–H groups in total. The number of carboxylic acids is 1. The zero-order chi connectivity index (χ0) is 24.3. The summed E-state index contributed by atoms with van der Waals surface area (Å²) in [4.78, 5) is 38.5. The Bertz CT molecular complexity index is 1040. The van der Waals surface area contributed by atoms with Crippen molar-refractivity contribution >= 4 is 18.0 Å². The van der Waals surface area contributed by atoms with Crippen LogP contribution in [0.2, 0.25) is 0 Å². The summed E-state index contributed by atoms with van der Waals surface area (Å²) in [5.41, 5.74) is 3.63. The molecule has 2 aliphatic rings. The predicted octanol–water partition coefficient (Wildman–Crippen LogP) is 3.11. The van der Waals surface area contributed by atoms with E-state index in [4.69, 9.17) is 9.47 Å². The Kier molecular flexibility index (Phi) is 6.88. The summed E-state index contributed by atoms with van der Waals surface area (Å²) in [5.74, 6) is -2.03. The van der Waals surface area contributed by atoms with E-state index in [9.17, 15) is 19.5 Å². The Morgan fingerprint density at radius 2 is 1.71 bits per heavy atom. The number of hydrogen-bond donors (Lipinski definition) is 2. The highest BCUT2D eigenvalue weighted by molar-refractivity contribution is 5.84. The maximum atomic E-state index is 13.1. The molecule has 8 heteroatoms.